The summed E-state index contributed by atoms with van der Waals surface area (Å²) in [5.41, 5.74) is 1.50. The van der Waals surface area contributed by atoms with Crippen molar-refractivity contribution in [2.75, 3.05) is 5.32 Å². The summed E-state index contributed by atoms with van der Waals surface area (Å²) in [5, 5.41) is 5.40. The third kappa shape index (κ3) is 3.62. The molecule has 1 aromatic heterocycles. The molecule has 1 aromatic carbocycles. The third-order valence-corrected chi connectivity index (χ3v) is 4.42. The van der Waals surface area contributed by atoms with E-state index >= 15 is 0 Å². The normalized spacial score (nSPS) is 11.4. The van der Waals surface area contributed by atoms with Crippen LogP contribution in [0.2, 0.25) is 0 Å². The Labute approximate surface area is 136 Å². The van der Waals surface area contributed by atoms with Crippen LogP contribution >= 0.6 is 39.9 Å². The molecule has 0 atom stereocenters. The van der Waals surface area contributed by atoms with Crippen molar-refractivity contribution < 1.29 is 4.79 Å². The van der Waals surface area contributed by atoms with Crippen LogP contribution in [0.4, 0.5) is 5.13 Å². The van der Waals surface area contributed by atoms with Crippen LogP contribution in [0.15, 0.2) is 32.9 Å². The molecule has 0 aliphatic heterocycles. The average molecular weight is 371 g/mol. The largest absolute Gasteiger partial charge is 0.298 e. The Kier molecular flexibility index (Phi) is 4.56. The fraction of sp³-hybridized carbons (Fsp3) is 0.286. The Balaban J connectivity index is 2.20. The van der Waals surface area contributed by atoms with Crippen molar-refractivity contribution in [3.8, 4) is 0 Å². The quantitative estimate of drug-likeness (QED) is 0.749. The highest BCUT2D eigenvalue weighted by molar-refractivity contribution is 9.10. The van der Waals surface area contributed by atoms with Gasteiger partial charge in [0.15, 0.2) is 5.13 Å². The number of anilines is 1. The maximum absolute atomic E-state index is 12.2. The second-order valence-electron chi connectivity index (χ2n) is 5.41. The maximum Gasteiger partial charge on any atom is 0.258 e. The summed E-state index contributed by atoms with van der Waals surface area (Å²) in [5.74, 6) is -0.192. The maximum atomic E-state index is 12.2. The number of halogens is 1. The molecular weight excluding hydrogens is 356 g/mol. The van der Waals surface area contributed by atoms with Crippen molar-refractivity contribution in [3.63, 3.8) is 0 Å². The summed E-state index contributed by atoms with van der Waals surface area (Å²) in [6.07, 6.45) is 0. The van der Waals surface area contributed by atoms with E-state index in [0.29, 0.717) is 10.7 Å². The Bertz CT molecular complexity index is 647. The van der Waals surface area contributed by atoms with E-state index in [1.165, 1.54) is 11.3 Å². The van der Waals surface area contributed by atoms with Crippen molar-refractivity contribution in [1.82, 2.24) is 4.98 Å². The number of amides is 1. The molecular formula is C14H15BrN2OS2. The minimum absolute atomic E-state index is 0.0227. The predicted octanol–water partition coefficient (Wildman–Crippen LogP) is 4.74. The van der Waals surface area contributed by atoms with E-state index in [1.54, 1.807) is 12.1 Å². The molecule has 0 saturated heterocycles. The number of nitrogens with one attached hydrogen (secondary N) is 1. The summed E-state index contributed by atoms with van der Waals surface area (Å²) < 4.78 is 0.736. The van der Waals surface area contributed by atoms with Crippen molar-refractivity contribution in [2.45, 2.75) is 31.1 Å². The monoisotopic (exact) mass is 370 g/mol. The topological polar surface area (TPSA) is 42.0 Å². The van der Waals surface area contributed by atoms with Crippen LogP contribution in [0.1, 0.15) is 36.8 Å². The zero-order valence-electron chi connectivity index (χ0n) is 11.4. The van der Waals surface area contributed by atoms with Crippen molar-refractivity contribution in [2.24, 2.45) is 0 Å². The molecule has 0 fully saturated rings. The van der Waals surface area contributed by atoms with Gasteiger partial charge in [0.05, 0.1) is 11.3 Å². The van der Waals surface area contributed by atoms with Crippen LogP contribution in [0.5, 0.6) is 0 Å². The predicted molar refractivity (Wildman–Crippen MR) is 90.2 cm³/mol. The second kappa shape index (κ2) is 5.87. The van der Waals surface area contributed by atoms with Crippen LogP contribution in [0, 0.1) is 0 Å². The highest BCUT2D eigenvalue weighted by Crippen LogP contribution is 2.27. The number of thiol groups is 1. The SMILES string of the molecule is CC(C)(C)c1csc(NC(=O)c2cc(S)ccc2Br)n1. The molecule has 1 N–H and O–H groups in total. The zero-order chi connectivity index (χ0) is 14.9. The van der Waals surface area contributed by atoms with Crippen LogP contribution < -0.4 is 5.32 Å². The van der Waals surface area contributed by atoms with Gasteiger partial charge in [0.2, 0.25) is 0 Å². The fourth-order valence-electron chi connectivity index (χ4n) is 1.53. The minimum atomic E-state index is -0.192. The smallest absolute Gasteiger partial charge is 0.258 e. The van der Waals surface area contributed by atoms with E-state index in [-0.39, 0.29) is 11.3 Å². The van der Waals surface area contributed by atoms with Gasteiger partial charge >= 0.3 is 0 Å². The molecule has 1 heterocycles. The summed E-state index contributed by atoms with van der Waals surface area (Å²) in [4.78, 5) is 17.4. The number of hydrogen-bond acceptors (Lipinski definition) is 4. The van der Waals surface area contributed by atoms with Crippen molar-refractivity contribution in [1.29, 1.82) is 0 Å². The number of rotatable bonds is 2. The molecule has 3 nitrogen and oxygen atoms in total. The molecule has 106 valence electrons. The molecule has 0 unspecified atom stereocenters. The van der Waals surface area contributed by atoms with Crippen molar-refractivity contribution in [3.05, 3.63) is 39.3 Å². The summed E-state index contributed by atoms with van der Waals surface area (Å²) in [6, 6.07) is 5.35. The first-order valence-electron chi connectivity index (χ1n) is 6.03. The van der Waals surface area contributed by atoms with Gasteiger partial charge in [0, 0.05) is 20.2 Å². The van der Waals surface area contributed by atoms with Gasteiger partial charge in [-0.15, -0.1) is 24.0 Å². The van der Waals surface area contributed by atoms with E-state index in [0.717, 1.165) is 15.1 Å². The van der Waals surface area contributed by atoms with Crippen LogP contribution in [0.3, 0.4) is 0 Å². The molecule has 0 saturated carbocycles. The Morgan fingerprint density at radius 3 is 2.70 bits per heavy atom. The Morgan fingerprint density at radius 2 is 2.10 bits per heavy atom. The molecule has 2 aromatic rings. The summed E-state index contributed by atoms with van der Waals surface area (Å²) >= 11 is 9.05. The lowest BCUT2D eigenvalue weighted by molar-refractivity contribution is 0.102. The van der Waals surface area contributed by atoms with Crippen molar-refractivity contribution >= 4 is 50.9 Å². The Morgan fingerprint density at radius 1 is 1.40 bits per heavy atom. The molecule has 0 aliphatic rings. The fourth-order valence-corrected chi connectivity index (χ4v) is 3.09. The summed E-state index contributed by atoms with van der Waals surface area (Å²) in [7, 11) is 0. The van der Waals surface area contributed by atoms with Gasteiger partial charge in [-0.2, -0.15) is 0 Å². The summed E-state index contributed by atoms with van der Waals surface area (Å²) in [6.45, 7) is 6.28. The lowest BCUT2D eigenvalue weighted by Crippen LogP contribution is -2.14. The lowest BCUT2D eigenvalue weighted by Gasteiger charge is -2.14. The minimum Gasteiger partial charge on any atom is -0.298 e. The standard InChI is InChI=1S/C14H15BrN2OS2/c1-14(2,3)11-7-20-13(16-11)17-12(18)9-6-8(19)4-5-10(9)15/h4-7,19H,1-3H3,(H,16,17,18). The third-order valence-electron chi connectivity index (χ3n) is 2.69. The second-order valence-corrected chi connectivity index (χ2v) is 7.64. The number of benzene rings is 1. The van der Waals surface area contributed by atoms with E-state index in [9.17, 15) is 4.79 Å². The molecule has 2 rings (SSSR count). The molecule has 0 aliphatic carbocycles. The van der Waals surface area contributed by atoms with Crippen LogP contribution in [-0.2, 0) is 5.41 Å². The molecule has 1 amide bonds. The van der Waals surface area contributed by atoms with Gasteiger partial charge in [-0.05, 0) is 34.1 Å². The molecule has 0 bridgehead atoms. The first-order chi connectivity index (χ1) is 9.27. The number of aromatic nitrogens is 1. The number of carbonyl (C=O) groups is 1. The molecule has 20 heavy (non-hydrogen) atoms. The molecule has 0 radical (unpaired) electrons. The van der Waals surface area contributed by atoms with Crippen LogP contribution in [-0.4, -0.2) is 10.9 Å². The molecule has 0 spiro atoms. The lowest BCUT2D eigenvalue weighted by atomic mass is 9.93. The first-order valence-corrected chi connectivity index (χ1v) is 8.15. The van der Waals surface area contributed by atoms with Gasteiger partial charge in [0.1, 0.15) is 0 Å². The van der Waals surface area contributed by atoms with E-state index in [1.807, 2.05) is 11.4 Å². The number of carbonyl (C=O) groups excluding carboxylic acids is 1. The molecule has 6 heteroatoms. The first kappa shape index (κ1) is 15.5. The van der Waals surface area contributed by atoms with Gasteiger partial charge < -0.3 is 0 Å². The van der Waals surface area contributed by atoms with Gasteiger partial charge in [-0.1, -0.05) is 20.8 Å². The van der Waals surface area contributed by atoms with Gasteiger partial charge in [-0.3, -0.25) is 10.1 Å². The highest BCUT2D eigenvalue weighted by Gasteiger charge is 2.19. The van der Waals surface area contributed by atoms with E-state index in [4.69, 9.17) is 0 Å². The Hall–Kier alpha value is -0.850. The van der Waals surface area contributed by atoms with E-state index in [2.05, 4.69) is 59.6 Å². The average Bonchev–Trinajstić information content (AvgIpc) is 2.80. The number of hydrogen-bond donors (Lipinski definition) is 2. The van der Waals surface area contributed by atoms with Gasteiger partial charge in [0.25, 0.3) is 5.91 Å². The number of thiazole rings is 1. The van der Waals surface area contributed by atoms with E-state index < -0.39 is 0 Å². The van der Waals surface area contributed by atoms with Crippen LogP contribution in [0.25, 0.3) is 0 Å². The highest BCUT2D eigenvalue weighted by atomic mass is 79.9. The zero-order valence-corrected chi connectivity index (χ0v) is 14.7. The number of nitrogens with zero attached hydrogens (tertiary/aromatic N) is 1. The van der Waals surface area contributed by atoms with Gasteiger partial charge in [-0.25, -0.2) is 4.98 Å².